The standard InChI is InChI=1S/C17H31N3O/c1-19(2)16(21)20-11-14-9-17(18,10-15(14)12-20)8-13-6-4-3-5-7-13/h13-15H,3-12,18H2,1-2H3/t14-,15+,17-. The number of amides is 2. The number of nitrogens with two attached hydrogens (primary N) is 1. The minimum Gasteiger partial charge on any atom is -0.331 e. The van der Waals surface area contributed by atoms with Gasteiger partial charge < -0.3 is 15.5 Å². The summed E-state index contributed by atoms with van der Waals surface area (Å²) in [6.07, 6.45) is 10.5. The van der Waals surface area contributed by atoms with Gasteiger partial charge in [-0.15, -0.1) is 0 Å². The Kier molecular flexibility index (Phi) is 4.17. The molecule has 0 bridgehead atoms. The molecule has 2 aliphatic carbocycles. The average molecular weight is 293 g/mol. The Bertz CT molecular complexity index is 375. The fourth-order valence-electron chi connectivity index (χ4n) is 5.10. The van der Waals surface area contributed by atoms with Gasteiger partial charge in [-0.3, -0.25) is 0 Å². The molecule has 2 N–H and O–H groups in total. The molecule has 3 atom stereocenters. The third kappa shape index (κ3) is 3.20. The maximum absolute atomic E-state index is 12.1. The van der Waals surface area contributed by atoms with Gasteiger partial charge >= 0.3 is 6.03 Å². The van der Waals surface area contributed by atoms with Gasteiger partial charge in [-0.25, -0.2) is 4.79 Å². The zero-order valence-electron chi connectivity index (χ0n) is 13.7. The number of hydrogen-bond donors (Lipinski definition) is 1. The number of likely N-dealkylation sites (tertiary alicyclic amines) is 1. The van der Waals surface area contributed by atoms with Crippen LogP contribution in [0.5, 0.6) is 0 Å². The maximum atomic E-state index is 12.1. The molecular formula is C17H31N3O. The van der Waals surface area contributed by atoms with E-state index < -0.39 is 0 Å². The van der Waals surface area contributed by atoms with E-state index >= 15 is 0 Å². The summed E-state index contributed by atoms with van der Waals surface area (Å²) < 4.78 is 0. The fraction of sp³-hybridized carbons (Fsp3) is 0.941. The van der Waals surface area contributed by atoms with Crippen LogP contribution in [0.3, 0.4) is 0 Å². The van der Waals surface area contributed by atoms with Crippen molar-refractivity contribution in [3.63, 3.8) is 0 Å². The summed E-state index contributed by atoms with van der Waals surface area (Å²) in [5, 5.41) is 0. The zero-order chi connectivity index (χ0) is 15.0. The summed E-state index contributed by atoms with van der Waals surface area (Å²) in [5.41, 5.74) is 6.81. The first-order valence-corrected chi connectivity index (χ1v) is 8.72. The van der Waals surface area contributed by atoms with Gasteiger partial charge in [-0.05, 0) is 37.0 Å². The van der Waals surface area contributed by atoms with E-state index in [1.807, 2.05) is 19.0 Å². The number of hydrogen-bond acceptors (Lipinski definition) is 2. The van der Waals surface area contributed by atoms with Gasteiger partial charge in [-0.1, -0.05) is 32.1 Å². The number of urea groups is 1. The van der Waals surface area contributed by atoms with Crippen LogP contribution >= 0.6 is 0 Å². The third-order valence-electron chi connectivity index (χ3n) is 5.99. The lowest BCUT2D eigenvalue weighted by molar-refractivity contribution is 0.173. The molecule has 0 aromatic carbocycles. The largest absolute Gasteiger partial charge is 0.331 e. The normalized spacial score (nSPS) is 36.8. The van der Waals surface area contributed by atoms with Crippen molar-refractivity contribution in [2.75, 3.05) is 27.2 Å². The molecule has 120 valence electrons. The molecule has 3 aliphatic rings. The number of rotatable bonds is 2. The maximum Gasteiger partial charge on any atom is 0.319 e. The van der Waals surface area contributed by atoms with Crippen LogP contribution in [0.2, 0.25) is 0 Å². The van der Waals surface area contributed by atoms with Crippen molar-refractivity contribution in [1.29, 1.82) is 0 Å². The second-order valence-corrected chi connectivity index (χ2v) is 8.08. The van der Waals surface area contributed by atoms with Crippen LogP contribution in [-0.2, 0) is 0 Å². The van der Waals surface area contributed by atoms with Crippen LogP contribution in [0.1, 0.15) is 51.4 Å². The highest BCUT2D eigenvalue weighted by Crippen LogP contribution is 2.46. The Balaban J connectivity index is 1.54. The first-order chi connectivity index (χ1) is 9.97. The number of fused-ring (bicyclic) bond motifs is 1. The van der Waals surface area contributed by atoms with Crippen molar-refractivity contribution in [2.45, 2.75) is 56.9 Å². The minimum absolute atomic E-state index is 0.0601. The number of carbonyl (C=O) groups is 1. The van der Waals surface area contributed by atoms with E-state index in [1.165, 1.54) is 38.5 Å². The molecule has 21 heavy (non-hydrogen) atoms. The molecule has 1 heterocycles. The lowest BCUT2D eigenvalue weighted by atomic mass is 9.78. The van der Waals surface area contributed by atoms with Crippen molar-refractivity contribution < 1.29 is 4.79 Å². The van der Waals surface area contributed by atoms with Gasteiger partial charge in [0.05, 0.1) is 0 Å². The predicted octanol–water partition coefficient (Wildman–Crippen LogP) is 2.68. The second kappa shape index (κ2) is 5.79. The molecule has 0 spiro atoms. The van der Waals surface area contributed by atoms with Gasteiger partial charge in [0.1, 0.15) is 0 Å². The van der Waals surface area contributed by atoms with Gasteiger partial charge in [-0.2, -0.15) is 0 Å². The van der Waals surface area contributed by atoms with E-state index in [1.54, 1.807) is 4.90 Å². The average Bonchev–Trinajstić information content (AvgIpc) is 2.93. The zero-order valence-corrected chi connectivity index (χ0v) is 13.7. The van der Waals surface area contributed by atoms with Crippen molar-refractivity contribution in [2.24, 2.45) is 23.5 Å². The van der Waals surface area contributed by atoms with Crippen molar-refractivity contribution in [1.82, 2.24) is 9.80 Å². The van der Waals surface area contributed by atoms with Gasteiger partial charge in [0.15, 0.2) is 0 Å². The van der Waals surface area contributed by atoms with E-state index in [4.69, 9.17) is 5.73 Å². The van der Waals surface area contributed by atoms with Crippen LogP contribution in [0.4, 0.5) is 4.79 Å². The molecule has 0 aromatic rings. The molecule has 4 nitrogen and oxygen atoms in total. The minimum atomic E-state index is 0.0601. The van der Waals surface area contributed by atoms with Crippen molar-refractivity contribution in [3.8, 4) is 0 Å². The topological polar surface area (TPSA) is 49.6 Å². The van der Waals surface area contributed by atoms with E-state index in [9.17, 15) is 4.79 Å². The number of nitrogens with zero attached hydrogens (tertiary/aromatic N) is 2. The van der Waals surface area contributed by atoms with Gasteiger partial charge in [0, 0.05) is 32.7 Å². The molecule has 0 aromatic heterocycles. The summed E-state index contributed by atoms with van der Waals surface area (Å²) in [5.74, 6) is 2.15. The van der Waals surface area contributed by atoms with Crippen LogP contribution < -0.4 is 5.73 Å². The second-order valence-electron chi connectivity index (χ2n) is 8.08. The molecular weight excluding hydrogens is 262 g/mol. The van der Waals surface area contributed by atoms with E-state index in [0.29, 0.717) is 11.8 Å². The molecule has 3 rings (SSSR count). The molecule has 0 radical (unpaired) electrons. The van der Waals surface area contributed by atoms with Gasteiger partial charge in [0.25, 0.3) is 0 Å². The van der Waals surface area contributed by atoms with E-state index in [-0.39, 0.29) is 11.6 Å². The Morgan fingerprint density at radius 1 is 1.14 bits per heavy atom. The fourth-order valence-corrected chi connectivity index (χ4v) is 5.10. The molecule has 0 unspecified atom stereocenters. The molecule has 2 amide bonds. The Labute approximate surface area is 129 Å². The molecule has 2 saturated carbocycles. The highest BCUT2D eigenvalue weighted by Gasteiger charge is 2.48. The summed E-state index contributed by atoms with van der Waals surface area (Å²) in [7, 11) is 3.68. The van der Waals surface area contributed by atoms with Crippen LogP contribution in [0.25, 0.3) is 0 Å². The first kappa shape index (κ1) is 15.1. The van der Waals surface area contributed by atoms with E-state index in [2.05, 4.69) is 0 Å². The van der Waals surface area contributed by atoms with Crippen LogP contribution in [0, 0.1) is 17.8 Å². The van der Waals surface area contributed by atoms with Crippen LogP contribution in [-0.4, -0.2) is 48.6 Å². The van der Waals surface area contributed by atoms with Crippen molar-refractivity contribution in [3.05, 3.63) is 0 Å². The monoisotopic (exact) mass is 293 g/mol. The smallest absolute Gasteiger partial charge is 0.319 e. The molecule has 1 aliphatic heterocycles. The lowest BCUT2D eigenvalue weighted by Crippen LogP contribution is -2.43. The molecule has 1 saturated heterocycles. The Hall–Kier alpha value is -0.770. The summed E-state index contributed by atoms with van der Waals surface area (Å²) in [6, 6.07) is 0.166. The molecule has 4 heteroatoms. The van der Waals surface area contributed by atoms with Crippen molar-refractivity contribution >= 4 is 6.03 Å². The van der Waals surface area contributed by atoms with E-state index in [0.717, 1.165) is 31.8 Å². The third-order valence-corrected chi connectivity index (χ3v) is 5.99. The van der Waals surface area contributed by atoms with Crippen LogP contribution in [0.15, 0.2) is 0 Å². The highest BCUT2D eigenvalue weighted by molar-refractivity contribution is 5.74. The Morgan fingerprint density at radius 3 is 2.24 bits per heavy atom. The summed E-state index contributed by atoms with van der Waals surface area (Å²) >= 11 is 0. The quantitative estimate of drug-likeness (QED) is 0.851. The summed E-state index contributed by atoms with van der Waals surface area (Å²) in [6.45, 7) is 1.84. The molecule has 3 fully saturated rings. The van der Waals surface area contributed by atoms with Gasteiger partial charge in [0.2, 0.25) is 0 Å². The first-order valence-electron chi connectivity index (χ1n) is 8.72. The Morgan fingerprint density at radius 2 is 1.71 bits per heavy atom. The summed E-state index contributed by atoms with van der Waals surface area (Å²) in [4.78, 5) is 15.8. The number of carbonyl (C=O) groups excluding carboxylic acids is 1. The highest BCUT2D eigenvalue weighted by atomic mass is 16.2. The predicted molar refractivity (Wildman–Crippen MR) is 85.0 cm³/mol. The lowest BCUT2D eigenvalue weighted by Gasteiger charge is -2.33. The SMILES string of the molecule is CN(C)C(=O)N1C[C@@H]2C[C@@](N)(CC3CCCCC3)C[C@@H]2C1.